The molecule has 4 nitrogen and oxygen atoms in total. The first-order valence-corrected chi connectivity index (χ1v) is 9.64. The zero-order valence-corrected chi connectivity index (χ0v) is 16.1. The highest BCUT2D eigenvalue weighted by Crippen LogP contribution is 2.35. The molecule has 1 aliphatic heterocycles. The number of hydrogen-bond acceptors (Lipinski definition) is 2. The van der Waals surface area contributed by atoms with Crippen molar-refractivity contribution in [3.05, 3.63) is 94.5 Å². The molecule has 144 valence electrons. The first kappa shape index (κ1) is 18.7. The van der Waals surface area contributed by atoms with E-state index in [4.69, 9.17) is 11.6 Å². The van der Waals surface area contributed by atoms with Crippen molar-refractivity contribution in [1.82, 2.24) is 14.8 Å². The van der Waals surface area contributed by atoms with Gasteiger partial charge in [0, 0.05) is 36.5 Å². The van der Waals surface area contributed by atoms with E-state index < -0.39 is 0 Å². The second-order valence-electron chi connectivity index (χ2n) is 6.92. The van der Waals surface area contributed by atoms with Gasteiger partial charge < -0.3 is 9.88 Å². The van der Waals surface area contributed by atoms with E-state index in [0.29, 0.717) is 11.6 Å². The van der Waals surface area contributed by atoms with Crippen molar-refractivity contribution >= 4 is 17.5 Å². The fourth-order valence-corrected chi connectivity index (χ4v) is 3.94. The Hall–Kier alpha value is -2.63. The van der Waals surface area contributed by atoms with E-state index in [1.807, 2.05) is 30.3 Å². The molecule has 1 unspecified atom stereocenters. The van der Waals surface area contributed by atoms with Gasteiger partial charge in [0.25, 0.3) is 0 Å². The van der Waals surface area contributed by atoms with E-state index in [1.165, 1.54) is 12.1 Å². The van der Waals surface area contributed by atoms with Gasteiger partial charge in [-0.15, -0.1) is 0 Å². The average molecular weight is 398 g/mol. The molecule has 0 saturated carbocycles. The van der Waals surface area contributed by atoms with Crippen LogP contribution in [0.1, 0.15) is 22.9 Å². The van der Waals surface area contributed by atoms with Crippen LogP contribution in [0.3, 0.4) is 0 Å². The van der Waals surface area contributed by atoms with Crippen LogP contribution in [0.15, 0.2) is 66.9 Å². The maximum atomic E-state index is 13.0. The number of carbonyl (C=O) groups is 1. The molecular formula is C22H21ClFN3O. The molecule has 2 heterocycles. The van der Waals surface area contributed by atoms with Crippen LogP contribution in [0.25, 0.3) is 0 Å². The monoisotopic (exact) mass is 397 g/mol. The van der Waals surface area contributed by atoms with Crippen LogP contribution in [-0.2, 0) is 17.9 Å². The molecular weight excluding hydrogens is 377 g/mol. The van der Waals surface area contributed by atoms with Crippen molar-refractivity contribution < 1.29 is 9.18 Å². The van der Waals surface area contributed by atoms with Gasteiger partial charge in [-0.25, -0.2) is 4.39 Å². The minimum Gasteiger partial charge on any atom is -0.351 e. The second-order valence-corrected chi connectivity index (χ2v) is 7.33. The van der Waals surface area contributed by atoms with E-state index in [-0.39, 0.29) is 24.3 Å². The largest absolute Gasteiger partial charge is 0.351 e. The molecule has 0 saturated heterocycles. The Morgan fingerprint density at radius 2 is 1.86 bits per heavy atom. The summed E-state index contributed by atoms with van der Waals surface area (Å²) in [4.78, 5) is 14.7. The lowest BCUT2D eigenvalue weighted by atomic mass is 10.00. The first-order chi connectivity index (χ1) is 13.6. The van der Waals surface area contributed by atoms with Gasteiger partial charge in [-0.1, -0.05) is 41.9 Å². The number of benzene rings is 2. The molecule has 1 aromatic heterocycles. The number of hydrogen-bond donors (Lipinski definition) is 1. The Labute approximate surface area is 168 Å². The van der Waals surface area contributed by atoms with Crippen molar-refractivity contribution in [3.8, 4) is 0 Å². The summed E-state index contributed by atoms with van der Waals surface area (Å²) in [6.45, 7) is 2.22. The molecule has 28 heavy (non-hydrogen) atoms. The third-order valence-electron chi connectivity index (χ3n) is 5.09. The average Bonchev–Trinajstić information content (AvgIpc) is 3.17. The standard InChI is InChI=1S/C22H21ClFN3O/c23-19-5-2-1-4-18(19)22-20-6-3-11-26(20)12-13-27(22)15-21(28)25-14-16-7-9-17(24)10-8-16/h1-11,22H,12-15H2,(H,25,28). The topological polar surface area (TPSA) is 37.3 Å². The van der Waals surface area contributed by atoms with E-state index in [2.05, 4.69) is 27.0 Å². The third-order valence-corrected chi connectivity index (χ3v) is 5.43. The molecule has 3 aromatic rings. The summed E-state index contributed by atoms with van der Waals surface area (Å²) in [5.41, 5.74) is 2.99. The summed E-state index contributed by atoms with van der Waals surface area (Å²) in [6, 6.07) is 17.9. The molecule has 6 heteroatoms. The molecule has 4 rings (SSSR count). The van der Waals surface area contributed by atoms with Crippen molar-refractivity contribution in [1.29, 1.82) is 0 Å². The number of fused-ring (bicyclic) bond motifs is 1. The Morgan fingerprint density at radius 1 is 1.07 bits per heavy atom. The first-order valence-electron chi connectivity index (χ1n) is 9.26. The summed E-state index contributed by atoms with van der Waals surface area (Å²) >= 11 is 6.48. The number of rotatable bonds is 5. The van der Waals surface area contributed by atoms with E-state index in [1.54, 1.807) is 12.1 Å². The highest BCUT2D eigenvalue weighted by atomic mass is 35.5. The predicted molar refractivity (Wildman–Crippen MR) is 108 cm³/mol. The number of nitrogens with one attached hydrogen (secondary N) is 1. The lowest BCUT2D eigenvalue weighted by Crippen LogP contribution is -2.44. The lowest BCUT2D eigenvalue weighted by Gasteiger charge is -2.37. The number of nitrogens with zero attached hydrogens (tertiary/aromatic N) is 2. The fourth-order valence-electron chi connectivity index (χ4n) is 3.70. The molecule has 0 fully saturated rings. The van der Waals surface area contributed by atoms with E-state index in [0.717, 1.165) is 29.9 Å². The number of aromatic nitrogens is 1. The normalized spacial score (nSPS) is 16.6. The Bertz CT molecular complexity index is 970. The maximum absolute atomic E-state index is 13.0. The lowest BCUT2D eigenvalue weighted by molar-refractivity contribution is -0.123. The summed E-state index contributed by atoms with van der Waals surface area (Å²) in [6.07, 6.45) is 2.06. The van der Waals surface area contributed by atoms with Gasteiger partial charge in [-0.2, -0.15) is 0 Å². The van der Waals surface area contributed by atoms with Gasteiger partial charge in [0.05, 0.1) is 12.6 Å². The molecule has 0 aliphatic carbocycles. The number of amides is 1. The van der Waals surface area contributed by atoms with Crippen molar-refractivity contribution in [3.63, 3.8) is 0 Å². The van der Waals surface area contributed by atoms with Gasteiger partial charge in [0.15, 0.2) is 0 Å². The number of halogens is 2. The van der Waals surface area contributed by atoms with Gasteiger partial charge in [-0.3, -0.25) is 9.69 Å². The quantitative estimate of drug-likeness (QED) is 0.706. The minimum atomic E-state index is -0.283. The second kappa shape index (κ2) is 8.17. The Balaban J connectivity index is 1.50. The smallest absolute Gasteiger partial charge is 0.234 e. The summed E-state index contributed by atoms with van der Waals surface area (Å²) in [5, 5.41) is 3.62. The van der Waals surface area contributed by atoms with Crippen molar-refractivity contribution in [2.24, 2.45) is 0 Å². The van der Waals surface area contributed by atoms with Crippen LogP contribution in [0.5, 0.6) is 0 Å². The zero-order valence-electron chi connectivity index (χ0n) is 15.3. The molecule has 2 aromatic carbocycles. The molecule has 0 radical (unpaired) electrons. The van der Waals surface area contributed by atoms with Crippen LogP contribution in [0.4, 0.5) is 4.39 Å². The maximum Gasteiger partial charge on any atom is 0.234 e. The number of carbonyl (C=O) groups excluding carboxylic acids is 1. The fraction of sp³-hybridized carbons (Fsp3) is 0.227. The highest BCUT2D eigenvalue weighted by molar-refractivity contribution is 6.31. The highest BCUT2D eigenvalue weighted by Gasteiger charge is 2.31. The van der Waals surface area contributed by atoms with Crippen LogP contribution in [0.2, 0.25) is 5.02 Å². The SMILES string of the molecule is O=C(CN1CCn2cccc2C1c1ccccc1Cl)NCc1ccc(F)cc1. The third kappa shape index (κ3) is 3.96. The van der Waals surface area contributed by atoms with Gasteiger partial charge in [0.1, 0.15) is 5.82 Å². The summed E-state index contributed by atoms with van der Waals surface area (Å²) < 4.78 is 15.2. The van der Waals surface area contributed by atoms with Crippen LogP contribution in [0, 0.1) is 5.82 Å². The van der Waals surface area contributed by atoms with Crippen LogP contribution < -0.4 is 5.32 Å². The molecule has 1 atom stereocenters. The minimum absolute atomic E-state index is 0.0682. The van der Waals surface area contributed by atoms with E-state index in [9.17, 15) is 9.18 Å². The molecule has 1 amide bonds. The molecule has 0 spiro atoms. The van der Waals surface area contributed by atoms with Crippen LogP contribution >= 0.6 is 11.6 Å². The summed E-state index contributed by atoms with van der Waals surface area (Å²) in [7, 11) is 0. The van der Waals surface area contributed by atoms with Crippen molar-refractivity contribution in [2.75, 3.05) is 13.1 Å². The van der Waals surface area contributed by atoms with Gasteiger partial charge in [-0.05, 0) is 41.5 Å². The Morgan fingerprint density at radius 3 is 2.64 bits per heavy atom. The summed E-state index contributed by atoms with van der Waals surface area (Å²) in [5.74, 6) is -0.352. The molecule has 0 bridgehead atoms. The van der Waals surface area contributed by atoms with Gasteiger partial charge >= 0.3 is 0 Å². The zero-order chi connectivity index (χ0) is 19.5. The predicted octanol–water partition coefficient (Wildman–Crippen LogP) is 4.00. The Kier molecular flexibility index (Phi) is 5.46. The molecule has 1 N–H and O–H groups in total. The molecule has 1 aliphatic rings. The van der Waals surface area contributed by atoms with Crippen molar-refractivity contribution in [2.45, 2.75) is 19.1 Å². The van der Waals surface area contributed by atoms with Gasteiger partial charge in [0.2, 0.25) is 5.91 Å². The van der Waals surface area contributed by atoms with Crippen LogP contribution in [-0.4, -0.2) is 28.5 Å². The van der Waals surface area contributed by atoms with E-state index >= 15 is 0 Å².